The number of methoxy groups -OCH3 is 1. The van der Waals surface area contributed by atoms with E-state index in [2.05, 4.69) is 20.3 Å². The van der Waals surface area contributed by atoms with E-state index in [9.17, 15) is 4.39 Å². The van der Waals surface area contributed by atoms with Gasteiger partial charge in [-0.1, -0.05) is 30.3 Å². The van der Waals surface area contributed by atoms with Gasteiger partial charge in [0.15, 0.2) is 17.3 Å². The second-order valence-corrected chi connectivity index (χ2v) is 8.02. The van der Waals surface area contributed by atoms with Gasteiger partial charge >= 0.3 is 0 Å². The Hall–Kier alpha value is -3.82. The predicted molar refractivity (Wildman–Crippen MR) is 134 cm³/mol. The van der Waals surface area contributed by atoms with E-state index in [0.717, 1.165) is 13.0 Å². The van der Waals surface area contributed by atoms with E-state index in [0.29, 0.717) is 52.6 Å². The van der Waals surface area contributed by atoms with Crippen LogP contribution >= 0.6 is 0 Å². The molecule has 2 aromatic heterocycles. The summed E-state index contributed by atoms with van der Waals surface area (Å²) in [6.45, 7) is 2.05. The van der Waals surface area contributed by atoms with Crippen LogP contribution in [0.5, 0.6) is 11.5 Å². The van der Waals surface area contributed by atoms with Crippen molar-refractivity contribution < 1.29 is 19.0 Å². The summed E-state index contributed by atoms with van der Waals surface area (Å²) >= 11 is 0. The molecule has 4 rings (SSSR count). The van der Waals surface area contributed by atoms with Gasteiger partial charge in [0.1, 0.15) is 17.8 Å². The van der Waals surface area contributed by atoms with Crippen LogP contribution in [0.2, 0.25) is 0 Å². The molecule has 182 valence electrons. The minimum Gasteiger partial charge on any atom is -0.493 e. The highest BCUT2D eigenvalue weighted by Gasteiger charge is 2.14. The third kappa shape index (κ3) is 6.00. The topological polar surface area (TPSA) is 92.6 Å². The molecule has 0 radical (unpaired) electrons. The first-order chi connectivity index (χ1) is 17.1. The number of aliphatic hydroxyl groups is 1. The number of rotatable bonds is 11. The summed E-state index contributed by atoms with van der Waals surface area (Å²) in [4.78, 5) is 15.0. The van der Waals surface area contributed by atoms with Crippen LogP contribution in [0.1, 0.15) is 6.42 Å². The van der Waals surface area contributed by atoms with Gasteiger partial charge in [0, 0.05) is 36.2 Å². The number of nitrogens with zero attached hydrogens (tertiary/aromatic N) is 4. The van der Waals surface area contributed by atoms with Gasteiger partial charge in [-0.3, -0.25) is 4.98 Å². The number of pyridine rings is 1. The lowest BCUT2D eigenvalue weighted by molar-refractivity contribution is 0.206. The van der Waals surface area contributed by atoms with Crippen LogP contribution in [0.4, 0.5) is 15.9 Å². The van der Waals surface area contributed by atoms with Crippen molar-refractivity contribution in [3.8, 4) is 22.8 Å². The molecular formula is C26H28FN5O3. The molecule has 0 spiro atoms. The number of likely N-dealkylation sites (N-methyl/N-ethyl adjacent to an activating group) is 1. The van der Waals surface area contributed by atoms with Gasteiger partial charge in [0.25, 0.3) is 0 Å². The Labute approximate surface area is 203 Å². The van der Waals surface area contributed by atoms with E-state index in [1.165, 1.54) is 12.4 Å². The fraction of sp³-hybridized carbons (Fsp3) is 0.269. The maximum atomic E-state index is 14.8. The molecule has 2 aromatic carbocycles. The summed E-state index contributed by atoms with van der Waals surface area (Å²) < 4.78 is 26.3. The van der Waals surface area contributed by atoms with Crippen molar-refractivity contribution in [2.45, 2.75) is 6.42 Å². The molecule has 2 heterocycles. The summed E-state index contributed by atoms with van der Waals surface area (Å²) in [6.07, 6.45) is 3.81. The van der Waals surface area contributed by atoms with Crippen LogP contribution < -0.4 is 14.8 Å². The van der Waals surface area contributed by atoms with E-state index in [1.807, 2.05) is 42.3 Å². The molecular weight excluding hydrogens is 449 g/mol. The molecule has 0 atom stereocenters. The van der Waals surface area contributed by atoms with Gasteiger partial charge in [-0.25, -0.2) is 14.4 Å². The lowest BCUT2D eigenvalue weighted by Crippen LogP contribution is -2.24. The van der Waals surface area contributed by atoms with Gasteiger partial charge in [-0.2, -0.15) is 0 Å². The average Bonchev–Trinajstić information content (AvgIpc) is 2.87. The zero-order valence-corrected chi connectivity index (χ0v) is 19.7. The number of nitrogens with one attached hydrogen (secondary N) is 1. The van der Waals surface area contributed by atoms with Crippen molar-refractivity contribution in [2.24, 2.45) is 0 Å². The molecule has 35 heavy (non-hydrogen) atoms. The maximum absolute atomic E-state index is 14.8. The number of aliphatic hydroxyl groups excluding tert-OH is 1. The molecule has 0 unspecified atom stereocenters. The smallest absolute Gasteiger partial charge is 0.163 e. The van der Waals surface area contributed by atoms with Crippen LogP contribution in [0, 0.1) is 5.82 Å². The molecule has 0 aliphatic heterocycles. The Kier molecular flexibility index (Phi) is 8.02. The summed E-state index contributed by atoms with van der Waals surface area (Å²) in [5, 5.41) is 12.8. The van der Waals surface area contributed by atoms with Crippen LogP contribution in [0.3, 0.4) is 0 Å². The Bertz CT molecular complexity index is 1270. The molecule has 0 amide bonds. The van der Waals surface area contributed by atoms with E-state index in [4.69, 9.17) is 14.6 Å². The molecule has 0 saturated heterocycles. The second-order valence-electron chi connectivity index (χ2n) is 8.02. The van der Waals surface area contributed by atoms with Crippen molar-refractivity contribution in [2.75, 3.05) is 45.8 Å². The van der Waals surface area contributed by atoms with Gasteiger partial charge in [-0.15, -0.1) is 0 Å². The minimum absolute atomic E-state index is 0.131. The molecule has 0 aliphatic rings. The minimum atomic E-state index is -0.433. The highest BCUT2D eigenvalue weighted by molar-refractivity contribution is 5.93. The number of benzene rings is 2. The lowest BCUT2D eigenvalue weighted by atomic mass is 10.1. The Balaban J connectivity index is 1.53. The third-order valence-electron chi connectivity index (χ3n) is 5.50. The second kappa shape index (κ2) is 11.5. The van der Waals surface area contributed by atoms with Gasteiger partial charge in [0.05, 0.1) is 37.7 Å². The van der Waals surface area contributed by atoms with Crippen LogP contribution in [-0.2, 0) is 0 Å². The molecule has 0 aliphatic carbocycles. The molecule has 8 nitrogen and oxygen atoms in total. The molecule has 9 heteroatoms. The largest absolute Gasteiger partial charge is 0.493 e. The van der Waals surface area contributed by atoms with Crippen LogP contribution in [0.15, 0.2) is 61.1 Å². The Morgan fingerprint density at radius 1 is 1.03 bits per heavy atom. The van der Waals surface area contributed by atoms with E-state index in [-0.39, 0.29) is 12.3 Å². The standard InChI is InChI=1S/C26H28FN5O3/c1-32(10-11-33)9-6-12-35-24-15-22-20(14-23(24)34-2)26(30-17-29-22)31-19-13-21(27)25(28-16-19)18-7-4-3-5-8-18/h3-5,7-8,13-17,33H,6,9-12H2,1-2H3,(H,29,30,31). The van der Waals surface area contributed by atoms with E-state index >= 15 is 0 Å². The first kappa shape index (κ1) is 24.3. The third-order valence-corrected chi connectivity index (χ3v) is 5.50. The quantitative estimate of drug-likeness (QED) is 0.309. The predicted octanol–water partition coefficient (Wildman–Crippen LogP) is 4.28. The molecule has 2 N–H and O–H groups in total. The SMILES string of the molecule is COc1cc2c(Nc3cnc(-c4ccccc4)c(F)c3)ncnc2cc1OCCCN(C)CCO. The number of anilines is 2. The van der Waals surface area contributed by atoms with Gasteiger partial charge < -0.3 is 24.8 Å². The highest BCUT2D eigenvalue weighted by Crippen LogP contribution is 2.35. The molecule has 0 fully saturated rings. The van der Waals surface area contributed by atoms with Crippen LogP contribution in [0.25, 0.3) is 22.2 Å². The molecule has 0 bridgehead atoms. The van der Waals surface area contributed by atoms with Crippen molar-refractivity contribution in [1.82, 2.24) is 19.9 Å². The number of ether oxygens (including phenoxy) is 2. The van der Waals surface area contributed by atoms with Gasteiger partial charge in [-0.05, 0) is 19.5 Å². The van der Waals surface area contributed by atoms with Crippen LogP contribution in [-0.4, -0.2) is 65.4 Å². The summed E-state index contributed by atoms with van der Waals surface area (Å²) in [5.41, 5.74) is 2.12. The summed E-state index contributed by atoms with van der Waals surface area (Å²) in [6, 6.07) is 14.2. The maximum Gasteiger partial charge on any atom is 0.163 e. The lowest BCUT2D eigenvalue weighted by Gasteiger charge is -2.16. The fourth-order valence-corrected chi connectivity index (χ4v) is 3.69. The number of fused-ring (bicyclic) bond motifs is 1. The number of aromatic nitrogens is 3. The van der Waals surface area contributed by atoms with Crippen molar-refractivity contribution in [3.63, 3.8) is 0 Å². The number of hydrogen-bond donors (Lipinski definition) is 2. The molecule has 0 saturated carbocycles. The zero-order valence-electron chi connectivity index (χ0n) is 19.7. The van der Waals surface area contributed by atoms with Crippen molar-refractivity contribution >= 4 is 22.4 Å². The fourth-order valence-electron chi connectivity index (χ4n) is 3.69. The summed E-state index contributed by atoms with van der Waals surface area (Å²) in [5.74, 6) is 1.19. The average molecular weight is 478 g/mol. The van der Waals surface area contributed by atoms with Gasteiger partial charge in [0.2, 0.25) is 0 Å². The monoisotopic (exact) mass is 477 g/mol. The summed E-state index contributed by atoms with van der Waals surface area (Å²) in [7, 11) is 3.52. The normalized spacial score (nSPS) is 11.1. The Morgan fingerprint density at radius 2 is 1.86 bits per heavy atom. The van der Waals surface area contributed by atoms with Crippen molar-refractivity contribution in [3.05, 3.63) is 66.9 Å². The first-order valence-corrected chi connectivity index (χ1v) is 11.3. The van der Waals surface area contributed by atoms with E-state index < -0.39 is 5.82 Å². The highest BCUT2D eigenvalue weighted by atomic mass is 19.1. The first-order valence-electron chi connectivity index (χ1n) is 11.3. The zero-order chi connectivity index (χ0) is 24.6. The Morgan fingerprint density at radius 3 is 2.60 bits per heavy atom. The molecule has 4 aromatic rings. The number of hydrogen-bond acceptors (Lipinski definition) is 8. The number of halogens is 1. The van der Waals surface area contributed by atoms with Crippen molar-refractivity contribution in [1.29, 1.82) is 0 Å². The van der Waals surface area contributed by atoms with E-state index in [1.54, 1.807) is 25.4 Å².